The van der Waals surface area contributed by atoms with Crippen LogP contribution < -0.4 is 0 Å². The number of phenolic OH excluding ortho intramolecular Hbond substituents is 4. The Morgan fingerprint density at radius 1 is 0.389 bits per heavy atom. The minimum Gasteiger partial charge on any atom is -0.508 e. The van der Waals surface area contributed by atoms with Crippen molar-refractivity contribution in [3.05, 3.63) is 116 Å². The lowest BCUT2D eigenvalue weighted by Gasteiger charge is -2.10. The quantitative estimate of drug-likeness (QED) is 0.246. The molecule has 0 radical (unpaired) electrons. The van der Waals surface area contributed by atoms with E-state index in [9.17, 15) is 20.4 Å². The molecule has 0 aliphatic carbocycles. The molecule has 188 valence electrons. The van der Waals surface area contributed by atoms with Gasteiger partial charge in [0.2, 0.25) is 0 Å². The summed E-state index contributed by atoms with van der Waals surface area (Å²) in [4.78, 5) is 0. The number of aryl methyl sites for hydroxylation is 6. The highest BCUT2D eigenvalue weighted by Gasteiger charge is 2.07. The summed E-state index contributed by atoms with van der Waals surface area (Å²) in [6.45, 7) is 11.4. The molecule has 0 aliphatic rings. The summed E-state index contributed by atoms with van der Waals surface area (Å²) in [7, 11) is 0. The molecular formula is C32H36O4. The molecule has 0 amide bonds. The largest absolute Gasteiger partial charge is 0.508 e. The fourth-order valence-corrected chi connectivity index (χ4v) is 4.42. The average molecular weight is 485 g/mol. The third-order valence-electron chi connectivity index (χ3n) is 6.44. The Labute approximate surface area is 214 Å². The molecule has 0 heterocycles. The molecule has 4 nitrogen and oxygen atoms in total. The van der Waals surface area contributed by atoms with Crippen molar-refractivity contribution in [3.8, 4) is 23.0 Å². The lowest BCUT2D eigenvalue weighted by Crippen LogP contribution is -1.93. The molecule has 4 aromatic carbocycles. The first-order chi connectivity index (χ1) is 16.9. The van der Waals surface area contributed by atoms with Crippen LogP contribution in [0.15, 0.2) is 60.7 Å². The van der Waals surface area contributed by atoms with E-state index in [1.165, 1.54) is 11.1 Å². The normalized spacial score (nSPS) is 10.6. The van der Waals surface area contributed by atoms with Crippen LogP contribution in [0.1, 0.15) is 55.6 Å². The maximum Gasteiger partial charge on any atom is 0.121 e. The lowest BCUT2D eigenvalue weighted by atomic mass is 9.97. The van der Waals surface area contributed by atoms with Gasteiger partial charge in [0.25, 0.3) is 0 Å². The average Bonchev–Trinajstić information content (AvgIpc) is 2.81. The second-order valence-electron chi connectivity index (χ2n) is 9.75. The number of hydrogen-bond acceptors (Lipinski definition) is 4. The summed E-state index contributed by atoms with van der Waals surface area (Å²) < 4.78 is 0. The van der Waals surface area contributed by atoms with Gasteiger partial charge in [0.15, 0.2) is 0 Å². The van der Waals surface area contributed by atoms with E-state index in [2.05, 4.69) is 0 Å². The van der Waals surface area contributed by atoms with E-state index in [1.807, 2.05) is 90.1 Å². The summed E-state index contributed by atoms with van der Waals surface area (Å²) in [6, 6.07) is 19.3. The standard InChI is InChI=1S/C17H20O2.C15H16O2/c1-10-5-14(6-11(2)16(10)18)9-15-7-12(3)17(19)13(4)8-15;1-10-7-12(3-5-14(10)16)9-13-4-6-15(17)11(2)8-13/h5-8,18-19H,9H2,1-4H3;3-8,16-17H,9H2,1-2H3. The maximum absolute atomic E-state index is 9.79. The predicted octanol–water partition coefficient (Wildman–Crippen LogP) is 7.23. The van der Waals surface area contributed by atoms with Crippen molar-refractivity contribution in [2.45, 2.75) is 54.4 Å². The summed E-state index contributed by atoms with van der Waals surface area (Å²) in [5.74, 6) is 1.41. The van der Waals surface area contributed by atoms with Crippen LogP contribution in [0.4, 0.5) is 0 Å². The minimum absolute atomic E-state index is 0.329. The molecule has 0 spiro atoms. The van der Waals surface area contributed by atoms with Crippen molar-refractivity contribution in [2.75, 3.05) is 0 Å². The first-order valence-corrected chi connectivity index (χ1v) is 12.1. The fraction of sp³-hybridized carbons (Fsp3) is 0.250. The molecule has 4 N–H and O–H groups in total. The van der Waals surface area contributed by atoms with Crippen LogP contribution >= 0.6 is 0 Å². The zero-order chi connectivity index (χ0) is 26.6. The Balaban J connectivity index is 0.000000202. The van der Waals surface area contributed by atoms with Gasteiger partial charge < -0.3 is 20.4 Å². The highest BCUT2D eigenvalue weighted by Crippen LogP contribution is 2.27. The van der Waals surface area contributed by atoms with E-state index in [0.717, 1.165) is 57.3 Å². The first kappa shape index (κ1) is 26.7. The number of phenols is 4. The van der Waals surface area contributed by atoms with E-state index in [4.69, 9.17) is 0 Å². The molecule has 0 saturated carbocycles. The first-order valence-electron chi connectivity index (χ1n) is 12.1. The molecule has 0 atom stereocenters. The molecule has 4 aromatic rings. The van der Waals surface area contributed by atoms with E-state index in [0.29, 0.717) is 23.0 Å². The molecule has 0 fully saturated rings. The summed E-state index contributed by atoms with van der Waals surface area (Å²) in [5.41, 5.74) is 10.1. The number of rotatable bonds is 4. The van der Waals surface area contributed by atoms with Crippen molar-refractivity contribution in [3.63, 3.8) is 0 Å². The van der Waals surface area contributed by atoms with E-state index >= 15 is 0 Å². The zero-order valence-corrected chi connectivity index (χ0v) is 22.0. The van der Waals surface area contributed by atoms with Crippen LogP contribution in [0, 0.1) is 41.5 Å². The van der Waals surface area contributed by atoms with E-state index in [1.54, 1.807) is 12.1 Å². The monoisotopic (exact) mass is 484 g/mol. The van der Waals surface area contributed by atoms with Gasteiger partial charge in [-0.3, -0.25) is 0 Å². The van der Waals surface area contributed by atoms with E-state index < -0.39 is 0 Å². The Hall–Kier alpha value is -3.92. The summed E-state index contributed by atoms with van der Waals surface area (Å²) in [6.07, 6.45) is 1.62. The van der Waals surface area contributed by atoms with Crippen LogP contribution in [-0.4, -0.2) is 20.4 Å². The van der Waals surface area contributed by atoms with Gasteiger partial charge >= 0.3 is 0 Å². The smallest absolute Gasteiger partial charge is 0.121 e. The SMILES string of the molecule is Cc1cc(Cc2cc(C)c(O)c(C)c2)cc(C)c1O.Cc1cc(Cc2ccc(O)c(C)c2)ccc1O. The van der Waals surface area contributed by atoms with Gasteiger partial charge in [0.05, 0.1) is 0 Å². The molecule has 4 rings (SSSR count). The van der Waals surface area contributed by atoms with Gasteiger partial charge in [0.1, 0.15) is 23.0 Å². The molecule has 36 heavy (non-hydrogen) atoms. The zero-order valence-electron chi connectivity index (χ0n) is 22.0. The number of aromatic hydroxyl groups is 4. The van der Waals surface area contributed by atoms with Crippen LogP contribution in [0.5, 0.6) is 23.0 Å². The third kappa shape index (κ3) is 6.60. The van der Waals surface area contributed by atoms with Crippen molar-refractivity contribution < 1.29 is 20.4 Å². The molecule has 4 heteroatoms. The van der Waals surface area contributed by atoms with Gasteiger partial charge in [-0.1, -0.05) is 48.5 Å². The second-order valence-corrected chi connectivity index (χ2v) is 9.75. The highest BCUT2D eigenvalue weighted by molar-refractivity contribution is 5.47. The molecular weight excluding hydrogens is 448 g/mol. The predicted molar refractivity (Wildman–Crippen MR) is 146 cm³/mol. The van der Waals surface area contributed by atoms with Gasteiger partial charge in [-0.05, 0) is 122 Å². The van der Waals surface area contributed by atoms with Crippen molar-refractivity contribution in [1.82, 2.24) is 0 Å². The highest BCUT2D eigenvalue weighted by atomic mass is 16.3. The van der Waals surface area contributed by atoms with Crippen LogP contribution in [0.3, 0.4) is 0 Å². The van der Waals surface area contributed by atoms with E-state index in [-0.39, 0.29) is 0 Å². The van der Waals surface area contributed by atoms with Gasteiger partial charge in [0, 0.05) is 0 Å². The van der Waals surface area contributed by atoms with Gasteiger partial charge in [-0.25, -0.2) is 0 Å². The summed E-state index contributed by atoms with van der Waals surface area (Å²) in [5, 5.41) is 38.5. The Morgan fingerprint density at radius 3 is 0.972 bits per heavy atom. The molecule has 0 aromatic heterocycles. The van der Waals surface area contributed by atoms with Crippen LogP contribution in [0.25, 0.3) is 0 Å². The summed E-state index contributed by atoms with van der Waals surface area (Å²) >= 11 is 0. The Bertz CT molecular complexity index is 1230. The Morgan fingerprint density at radius 2 is 0.667 bits per heavy atom. The van der Waals surface area contributed by atoms with Gasteiger partial charge in [-0.15, -0.1) is 0 Å². The fourth-order valence-electron chi connectivity index (χ4n) is 4.42. The number of benzene rings is 4. The molecule has 0 aliphatic heterocycles. The molecule has 0 saturated heterocycles. The maximum atomic E-state index is 9.79. The number of hydrogen-bond donors (Lipinski definition) is 4. The van der Waals surface area contributed by atoms with Crippen LogP contribution in [0.2, 0.25) is 0 Å². The van der Waals surface area contributed by atoms with Gasteiger partial charge in [-0.2, -0.15) is 0 Å². The molecule has 0 unspecified atom stereocenters. The van der Waals surface area contributed by atoms with Crippen LogP contribution in [-0.2, 0) is 12.8 Å². The topological polar surface area (TPSA) is 80.9 Å². The second kappa shape index (κ2) is 11.2. The van der Waals surface area contributed by atoms with Crippen molar-refractivity contribution in [2.24, 2.45) is 0 Å². The third-order valence-corrected chi connectivity index (χ3v) is 6.44. The van der Waals surface area contributed by atoms with Crippen molar-refractivity contribution >= 4 is 0 Å². The molecule has 0 bridgehead atoms. The lowest BCUT2D eigenvalue weighted by molar-refractivity contribution is 0.466. The van der Waals surface area contributed by atoms with Crippen molar-refractivity contribution in [1.29, 1.82) is 0 Å². The minimum atomic E-state index is 0.329. The Kier molecular flexibility index (Phi) is 8.31.